The number of nitrogens with two attached hydrogens (primary N) is 1. The van der Waals surface area contributed by atoms with Crippen LogP contribution in [0.15, 0.2) is 22.7 Å². The van der Waals surface area contributed by atoms with Gasteiger partial charge in [-0.3, -0.25) is 4.79 Å². The van der Waals surface area contributed by atoms with Crippen LogP contribution in [0.1, 0.15) is 19.4 Å². The first kappa shape index (κ1) is 19.2. The number of carbonyl (C=O) groups excluding carboxylic acids is 1. The number of benzene rings is 1. The van der Waals surface area contributed by atoms with E-state index in [1.807, 2.05) is 0 Å². The summed E-state index contributed by atoms with van der Waals surface area (Å²) in [5.74, 6) is -0.615. The third kappa shape index (κ3) is 5.30. The molecule has 0 aliphatic rings. The topological polar surface area (TPSA) is 55.1 Å². The predicted octanol–water partition coefficient (Wildman–Crippen LogP) is 3.81. The van der Waals surface area contributed by atoms with Gasteiger partial charge in [0.2, 0.25) is 5.91 Å². The zero-order valence-electron chi connectivity index (χ0n) is 10.8. The van der Waals surface area contributed by atoms with Gasteiger partial charge in [0.1, 0.15) is 0 Å². The normalized spacial score (nSPS) is 12.8. The Bertz CT molecular complexity index is 480. The Morgan fingerprint density at radius 2 is 1.85 bits per heavy atom. The second kappa shape index (κ2) is 7.28. The minimum Gasteiger partial charge on any atom is -0.325 e. The van der Waals surface area contributed by atoms with E-state index in [1.54, 1.807) is 13.8 Å². The first-order chi connectivity index (χ1) is 8.61. The van der Waals surface area contributed by atoms with Crippen LogP contribution in [0.5, 0.6) is 0 Å². The molecule has 0 saturated heterocycles. The molecule has 1 rings (SSSR count). The summed E-state index contributed by atoms with van der Waals surface area (Å²) in [6.45, 7) is 3.51. The van der Waals surface area contributed by atoms with Crippen LogP contribution in [0.25, 0.3) is 0 Å². The maximum absolute atomic E-state index is 12.6. The van der Waals surface area contributed by atoms with Crippen molar-refractivity contribution in [1.29, 1.82) is 0 Å². The van der Waals surface area contributed by atoms with Crippen molar-refractivity contribution in [2.45, 2.75) is 26.1 Å². The van der Waals surface area contributed by atoms with Crippen LogP contribution < -0.4 is 11.1 Å². The molecule has 0 aliphatic carbocycles. The Morgan fingerprint density at radius 3 is 2.30 bits per heavy atom. The van der Waals surface area contributed by atoms with Crippen LogP contribution in [0.4, 0.5) is 18.9 Å². The molecule has 114 valence electrons. The molecule has 20 heavy (non-hydrogen) atoms. The fraction of sp³-hybridized carbons (Fsp3) is 0.417. The van der Waals surface area contributed by atoms with Gasteiger partial charge in [-0.05, 0) is 24.1 Å². The van der Waals surface area contributed by atoms with Gasteiger partial charge in [-0.2, -0.15) is 13.2 Å². The summed E-state index contributed by atoms with van der Waals surface area (Å²) in [5.41, 5.74) is 4.84. The van der Waals surface area contributed by atoms with E-state index in [9.17, 15) is 18.0 Å². The van der Waals surface area contributed by atoms with Gasteiger partial charge < -0.3 is 11.1 Å². The van der Waals surface area contributed by atoms with E-state index in [-0.39, 0.29) is 28.5 Å². The zero-order valence-corrected chi connectivity index (χ0v) is 13.2. The maximum atomic E-state index is 12.6. The maximum Gasteiger partial charge on any atom is 0.416 e. The largest absolute Gasteiger partial charge is 0.416 e. The SMILES string of the molecule is CC(C)C(N)C(=O)Nc1cc(Br)cc(C(F)(F)F)c1.Cl. The molecule has 1 atom stereocenters. The summed E-state index contributed by atoms with van der Waals surface area (Å²) in [5, 5.41) is 2.38. The molecule has 0 saturated carbocycles. The Kier molecular flexibility index (Phi) is 7.00. The van der Waals surface area contributed by atoms with Crippen LogP contribution >= 0.6 is 28.3 Å². The number of halogens is 5. The van der Waals surface area contributed by atoms with Crippen LogP contribution in [0.2, 0.25) is 0 Å². The third-order valence-corrected chi connectivity index (χ3v) is 2.97. The van der Waals surface area contributed by atoms with Crippen molar-refractivity contribution in [2.75, 3.05) is 5.32 Å². The molecule has 0 bridgehead atoms. The molecule has 1 aromatic carbocycles. The molecule has 0 aromatic heterocycles. The second-order valence-corrected chi connectivity index (χ2v) is 5.40. The average molecular weight is 376 g/mol. The Balaban J connectivity index is 0.00000361. The quantitative estimate of drug-likeness (QED) is 0.844. The fourth-order valence-corrected chi connectivity index (χ4v) is 1.85. The smallest absolute Gasteiger partial charge is 0.325 e. The number of alkyl halides is 3. The molecule has 3 nitrogen and oxygen atoms in total. The van der Waals surface area contributed by atoms with E-state index in [0.29, 0.717) is 0 Å². The van der Waals surface area contributed by atoms with Gasteiger partial charge in [0, 0.05) is 10.2 Å². The lowest BCUT2D eigenvalue weighted by atomic mass is 10.0. The number of hydrogen-bond acceptors (Lipinski definition) is 2. The lowest BCUT2D eigenvalue weighted by molar-refractivity contribution is -0.137. The number of carbonyl (C=O) groups is 1. The molecule has 3 N–H and O–H groups in total. The molecular formula is C12H15BrClF3N2O. The molecule has 1 unspecified atom stereocenters. The Hall–Kier alpha value is -0.790. The number of anilines is 1. The van der Waals surface area contributed by atoms with E-state index in [4.69, 9.17) is 5.73 Å². The molecule has 0 fully saturated rings. The van der Waals surface area contributed by atoms with Gasteiger partial charge in [-0.1, -0.05) is 29.8 Å². The van der Waals surface area contributed by atoms with Crippen molar-refractivity contribution in [2.24, 2.45) is 11.7 Å². The van der Waals surface area contributed by atoms with Crippen molar-refractivity contribution in [3.05, 3.63) is 28.2 Å². The van der Waals surface area contributed by atoms with Gasteiger partial charge in [0.15, 0.2) is 0 Å². The number of amides is 1. The van der Waals surface area contributed by atoms with Crippen molar-refractivity contribution in [3.63, 3.8) is 0 Å². The minimum absolute atomic E-state index is 0. The Labute approximate surface area is 129 Å². The summed E-state index contributed by atoms with van der Waals surface area (Å²) in [6.07, 6.45) is -4.47. The van der Waals surface area contributed by atoms with E-state index in [0.717, 1.165) is 12.1 Å². The first-order valence-corrected chi connectivity index (χ1v) is 6.35. The number of rotatable bonds is 3. The van der Waals surface area contributed by atoms with E-state index in [2.05, 4.69) is 21.2 Å². The molecule has 0 radical (unpaired) electrons. The lowest BCUT2D eigenvalue weighted by Crippen LogP contribution is -2.39. The summed E-state index contributed by atoms with van der Waals surface area (Å²) >= 11 is 2.98. The van der Waals surface area contributed by atoms with Crippen LogP contribution in [-0.4, -0.2) is 11.9 Å². The van der Waals surface area contributed by atoms with Crippen LogP contribution in [0.3, 0.4) is 0 Å². The van der Waals surface area contributed by atoms with Crippen molar-refractivity contribution in [3.8, 4) is 0 Å². The van der Waals surface area contributed by atoms with Crippen molar-refractivity contribution >= 4 is 39.9 Å². The molecular weight excluding hydrogens is 360 g/mol. The molecule has 1 aromatic rings. The first-order valence-electron chi connectivity index (χ1n) is 5.55. The summed E-state index contributed by atoms with van der Waals surface area (Å²) < 4.78 is 38.1. The predicted molar refractivity (Wildman–Crippen MR) is 77.8 cm³/mol. The fourth-order valence-electron chi connectivity index (χ4n) is 1.35. The summed E-state index contributed by atoms with van der Waals surface area (Å²) in [7, 11) is 0. The highest BCUT2D eigenvalue weighted by Gasteiger charge is 2.31. The van der Waals surface area contributed by atoms with Crippen molar-refractivity contribution < 1.29 is 18.0 Å². The minimum atomic E-state index is -4.47. The van der Waals surface area contributed by atoms with E-state index < -0.39 is 23.7 Å². The van der Waals surface area contributed by atoms with Gasteiger partial charge >= 0.3 is 6.18 Å². The third-order valence-electron chi connectivity index (χ3n) is 2.51. The summed E-state index contributed by atoms with van der Waals surface area (Å²) in [4.78, 5) is 11.7. The average Bonchev–Trinajstić information content (AvgIpc) is 2.25. The highest BCUT2D eigenvalue weighted by Crippen LogP contribution is 2.33. The standard InChI is InChI=1S/C12H14BrF3N2O.ClH/c1-6(2)10(17)11(19)18-9-4-7(12(14,15)16)3-8(13)5-9;/h3-6,10H,17H2,1-2H3,(H,18,19);1H. The summed E-state index contributed by atoms with van der Waals surface area (Å²) in [6, 6.07) is 2.43. The Morgan fingerprint density at radius 1 is 1.30 bits per heavy atom. The molecule has 0 spiro atoms. The molecule has 0 aliphatic heterocycles. The van der Waals surface area contributed by atoms with E-state index in [1.165, 1.54) is 6.07 Å². The van der Waals surface area contributed by atoms with Gasteiger partial charge in [0.05, 0.1) is 11.6 Å². The van der Waals surface area contributed by atoms with Gasteiger partial charge in [0.25, 0.3) is 0 Å². The molecule has 1 amide bonds. The monoisotopic (exact) mass is 374 g/mol. The highest BCUT2D eigenvalue weighted by molar-refractivity contribution is 9.10. The number of hydrogen-bond donors (Lipinski definition) is 2. The highest BCUT2D eigenvalue weighted by atomic mass is 79.9. The van der Waals surface area contributed by atoms with E-state index >= 15 is 0 Å². The second-order valence-electron chi connectivity index (χ2n) is 4.49. The van der Waals surface area contributed by atoms with Crippen LogP contribution in [-0.2, 0) is 11.0 Å². The van der Waals surface area contributed by atoms with Gasteiger partial charge in [-0.25, -0.2) is 0 Å². The number of nitrogens with one attached hydrogen (secondary N) is 1. The lowest BCUT2D eigenvalue weighted by Gasteiger charge is -2.16. The van der Waals surface area contributed by atoms with Gasteiger partial charge in [-0.15, -0.1) is 12.4 Å². The van der Waals surface area contributed by atoms with Crippen LogP contribution in [0, 0.1) is 5.92 Å². The molecule has 0 heterocycles. The van der Waals surface area contributed by atoms with Crippen molar-refractivity contribution in [1.82, 2.24) is 0 Å². The zero-order chi connectivity index (χ0) is 14.8. The molecule has 8 heteroatoms.